The van der Waals surface area contributed by atoms with Gasteiger partial charge in [-0.15, -0.1) is 11.6 Å². The van der Waals surface area contributed by atoms with E-state index in [1.165, 1.54) is 0 Å². The molecule has 0 atom stereocenters. The smallest absolute Gasteiger partial charge is 0.238 e. The van der Waals surface area contributed by atoms with E-state index in [0.29, 0.717) is 25.1 Å². The number of amides is 2. The van der Waals surface area contributed by atoms with Gasteiger partial charge in [0, 0.05) is 18.7 Å². The SMILES string of the molecule is CCC(=O)NNC(=O)CCCCl. The fourth-order valence-electron chi connectivity index (χ4n) is 0.518. The third-order valence-corrected chi connectivity index (χ3v) is 1.47. The van der Waals surface area contributed by atoms with E-state index in [1.807, 2.05) is 0 Å². The molecule has 4 nitrogen and oxygen atoms in total. The summed E-state index contributed by atoms with van der Waals surface area (Å²) in [6.07, 6.45) is 1.32. The molecule has 0 saturated carbocycles. The molecule has 0 spiro atoms. The van der Waals surface area contributed by atoms with Crippen molar-refractivity contribution in [2.45, 2.75) is 26.2 Å². The molecule has 12 heavy (non-hydrogen) atoms. The lowest BCUT2D eigenvalue weighted by atomic mass is 10.3. The molecular formula is C7H13ClN2O2. The van der Waals surface area contributed by atoms with Crippen molar-refractivity contribution >= 4 is 23.4 Å². The second-order valence-corrected chi connectivity index (χ2v) is 2.62. The number of hydrazine groups is 1. The van der Waals surface area contributed by atoms with Gasteiger partial charge in [-0.2, -0.15) is 0 Å². The zero-order valence-electron chi connectivity index (χ0n) is 7.02. The van der Waals surface area contributed by atoms with E-state index < -0.39 is 0 Å². The molecule has 0 radical (unpaired) electrons. The van der Waals surface area contributed by atoms with Crippen LogP contribution < -0.4 is 10.9 Å². The van der Waals surface area contributed by atoms with E-state index in [0.717, 1.165) is 0 Å². The summed E-state index contributed by atoms with van der Waals surface area (Å²) < 4.78 is 0. The molecule has 0 aliphatic heterocycles. The van der Waals surface area contributed by atoms with Gasteiger partial charge in [0.15, 0.2) is 0 Å². The lowest BCUT2D eigenvalue weighted by molar-refractivity contribution is -0.128. The molecule has 0 rings (SSSR count). The molecule has 0 aromatic carbocycles. The third kappa shape index (κ3) is 5.97. The van der Waals surface area contributed by atoms with Crippen LogP contribution >= 0.6 is 11.6 Å². The molecule has 0 fully saturated rings. The lowest BCUT2D eigenvalue weighted by Gasteiger charge is -2.04. The summed E-state index contributed by atoms with van der Waals surface area (Å²) in [6.45, 7) is 1.71. The van der Waals surface area contributed by atoms with Crippen LogP contribution in [0.25, 0.3) is 0 Å². The minimum absolute atomic E-state index is 0.200. The van der Waals surface area contributed by atoms with E-state index in [2.05, 4.69) is 10.9 Å². The summed E-state index contributed by atoms with van der Waals surface area (Å²) in [4.78, 5) is 21.5. The number of rotatable bonds is 4. The van der Waals surface area contributed by atoms with Crippen LogP contribution in [0.2, 0.25) is 0 Å². The Bertz CT molecular complexity index is 161. The van der Waals surface area contributed by atoms with Gasteiger partial charge in [-0.1, -0.05) is 6.92 Å². The lowest BCUT2D eigenvalue weighted by Crippen LogP contribution is -2.41. The molecule has 70 valence electrons. The topological polar surface area (TPSA) is 58.2 Å². The Hall–Kier alpha value is -0.770. The molecule has 0 aromatic rings. The van der Waals surface area contributed by atoms with Crippen LogP contribution in [-0.4, -0.2) is 17.7 Å². The van der Waals surface area contributed by atoms with Crippen LogP contribution in [0.5, 0.6) is 0 Å². The Morgan fingerprint density at radius 1 is 1.25 bits per heavy atom. The Kier molecular flexibility index (Phi) is 6.47. The van der Waals surface area contributed by atoms with Gasteiger partial charge in [0.25, 0.3) is 0 Å². The first-order valence-corrected chi connectivity index (χ1v) is 4.37. The molecule has 0 bridgehead atoms. The molecule has 0 aromatic heterocycles. The van der Waals surface area contributed by atoms with Crippen molar-refractivity contribution in [1.29, 1.82) is 0 Å². The zero-order chi connectivity index (χ0) is 9.40. The first kappa shape index (κ1) is 11.2. The van der Waals surface area contributed by atoms with Crippen LogP contribution in [0, 0.1) is 0 Å². The van der Waals surface area contributed by atoms with E-state index in [4.69, 9.17) is 11.6 Å². The molecule has 0 heterocycles. The van der Waals surface area contributed by atoms with Crippen LogP contribution in [0.1, 0.15) is 26.2 Å². The fourth-order valence-corrected chi connectivity index (χ4v) is 0.651. The van der Waals surface area contributed by atoms with Gasteiger partial charge in [-0.25, -0.2) is 0 Å². The van der Waals surface area contributed by atoms with E-state index in [1.54, 1.807) is 6.92 Å². The molecule has 0 aliphatic carbocycles. The predicted molar refractivity (Wildman–Crippen MR) is 46.5 cm³/mol. The first-order chi connectivity index (χ1) is 5.70. The average Bonchev–Trinajstić information content (AvgIpc) is 2.10. The Labute approximate surface area is 76.6 Å². The maximum Gasteiger partial charge on any atom is 0.238 e. The number of halogens is 1. The maximum atomic E-state index is 10.8. The zero-order valence-corrected chi connectivity index (χ0v) is 7.78. The van der Waals surface area contributed by atoms with Crippen LogP contribution in [0.3, 0.4) is 0 Å². The summed E-state index contributed by atoms with van der Waals surface area (Å²) in [5, 5.41) is 0. The van der Waals surface area contributed by atoms with E-state index in [-0.39, 0.29) is 11.8 Å². The molecule has 0 unspecified atom stereocenters. The van der Waals surface area contributed by atoms with Gasteiger partial charge in [0.1, 0.15) is 0 Å². The number of hydrogen-bond donors (Lipinski definition) is 2. The first-order valence-electron chi connectivity index (χ1n) is 3.84. The molecule has 0 aliphatic rings. The summed E-state index contributed by atoms with van der Waals surface area (Å²) in [5.41, 5.74) is 4.53. The standard InChI is InChI=1S/C7H13ClN2O2/c1-2-6(11)9-10-7(12)4-3-5-8/h2-5H2,1H3,(H,9,11)(H,10,12). The number of carbonyl (C=O) groups is 2. The molecular weight excluding hydrogens is 180 g/mol. The Morgan fingerprint density at radius 3 is 2.33 bits per heavy atom. The van der Waals surface area contributed by atoms with Crippen molar-refractivity contribution in [2.24, 2.45) is 0 Å². The molecule has 2 amide bonds. The highest BCUT2D eigenvalue weighted by Crippen LogP contribution is 1.90. The van der Waals surface area contributed by atoms with Crippen LogP contribution in [0.4, 0.5) is 0 Å². The fraction of sp³-hybridized carbons (Fsp3) is 0.714. The monoisotopic (exact) mass is 192 g/mol. The maximum absolute atomic E-state index is 10.8. The van der Waals surface area contributed by atoms with Gasteiger partial charge in [0.2, 0.25) is 11.8 Å². The van der Waals surface area contributed by atoms with E-state index in [9.17, 15) is 9.59 Å². The van der Waals surface area contributed by atoms with Crippen LogP contribution in [-0.2, 0) is 9.59 Å². The number of carbonyl (C=O) groups excluding carboxylic acids is 2. The highest BCUT2D eigenvalue weighted by molar-refractivity contribution is 6.17. The predicted octanol–water partition coefficient (Wildman–Crippen LogP) is 0.563. The highest BCUT2D eigenvalue weighted by Gasteiger charge is 2.01. The van der Waals surface area contributed by atoms with Gasteiger partial charge < -0.3 is 0 Å². The summed E-state index contributed by atoms with van der Waals surface area (Å²) in [7, 11) is 0. The van der Waals surface area contributed by atoms with Crippen molar-refractivity contribution in [2.75, 3.05) is 5.88 Å². The third-order valence-electron chi connectivity index (χ3n) is 1.20. The van der Waals surface area contributed by atoms with Crippen molar-refractivity contribution in [3.63, 3.8) is 0 Å². The molecule has 0 saturated heterocycles. The van der Waals surface area contributed by atoms with Gasteiger partial charge in [-0.3, -0.25) is 20.4 Å². The van der Waals surface area contributed by atoms with E-state index >= 15 is 0 Å². The Morgan fingerprint density at radius 2 is 1.83 bits per heavy atom. The van der Waals surface area contributed by atoms with Crippen molar-refractivity contribution in [3.05, 3.63) is 0 Å². The van der Waals surface area contributed by atoms with Gasteiger partial charge in [-0.05, 0) is 6.42 Å². The van der Waals surface area contributed by atoms with Gasteiger partial charge >= 0.3 is 0 Å². The number of alkyl halides is 1. The highest BCUT2D eigenvalue weighted by atomic mass is 35.5. The second kappa shape index (κ2) is 6.91. The Balaban J connectivity index is 3.37. The summed E-state index contributed by atoms with van der Waals surface area (Å²) >= 11 is 5.37. The van der Waals surface area contributed by atoms with Crippen molar-refractivity contribution < 1.29 is 9.59 Å². The molecule has 5 heteroatoms. The van der Waals surface area contributed by atoms with Crippen molar-refractivity contribution in [1.82, 2.24) is 10.9 Å². The normalized spacial score (nSPS) is 9.17. The van der Waals surface area contributed by atoms with Gasteiger partial charge in [0.05, 0.1) is 0 Å². The summed E-state index contributed by atoms with van der Waals surface area (Å²) in [5.74, 6) is 0.0430. The minimum Gasteiger partial charge on any atom is -0.273 e. The minimum atomic E-state index is -0.211. The molecule has 2 N–H and O–H groups in total. The number of nitrogens with one attached hydrogen (secondary N) is 2. The number of hydrogen-bond acceptors (Lipinski definition) is 2. The largest absolute Gasteiger partial charge is 0.273 e. The quantitative estimate of drug-likeness (QED) is 0.505. The summed E-state index contributed by atoms with van der Waals surface area (Å²) in [6, 6.07) is 0. The average molecular weight is 193 g/mol. The van der Waals surface area contributed by atoms with Crippen molar-refractivity contribution in [3.8, 4) is 0 Å². The second-order valence-electron chi connectivity index (χ2n) is 2.24. The van der Waals surface area contributed by atoms with Crippen LogP contribution in [0.15, 0.2) is 0 Å².